The van der Waals surface area contributed by atoms with Gasteiger partial charge < -0.3 is 10.5 Å². The first-order valence-corrected chi connectivity index (χ1v) is 7.99. The molecule has 20 heavy (non-hydrogen) atoms. The predicted octanol–water partition coefficient (Wildman–Crippen LogP) is 0.454. The van der Waals surface area contributed by atoms with Crippen molar-refractivity contribution in [1.29, 1.82) is 0 Å². The number of benzene rings is 1. The molecule has 0 saturated carbocycles. The van der Waals surface area contributed by atoms with Gasteiger partial charge in [-0.15, -0.1) is 0 Å². The van der Waals surface area contributed by atoms with Crippen LogP contribution in [0.25, 0.3) is 0 Å². The molecule has 1 aromatic carbocycles. The Bertz CT molecular complexity index is 594. The fourth-order valence-electron chi connectivity index (χ4n) is 1.97. The summed E-state index contributed by atoms with van der Waals surface area (Å²) in [4.78, 5) is 0.252. The molecule has 0 atom stereocenters. The minimum absolute atomic E-state index is 0.0505. The SMILES string of the molecule is NCC#Cc1ccc(S(=O)(=O)NC2CCOCC2)cc1. The van der Waals surface area contributed by atoms with Crippen LogP contribution in [-0.4, -0.2) is 34.2 Å². The van der Waals surface area contributed by atoms with Crippen molar-refractivity contribution in [3.05, 3.63) is 29.8 Å². The van der Waals surface area contributed by atoms with Gasteiger partial charge in [-0.05, 0) is 37.1 Å². The van der Waals surface area contributed by atoms with E-state index in [-0.39, 0.29) is 17.5 Å². The zero-order chi connectivity index (χ0) is 14.4. The lowest BCUT2D eigenvalue weighted by Gasteiger charge is -2.22. The number of hydrogen-bond donors (Lipinski definition) is 2. The average molecular weight is 294 g/mol. The summed E-state index contributed by atoms with van der Waals surface area (Å²) in [6.07, 6.45) is 1.42. The summed E-state index contributed by atoms with van der Waals surface area (Å²) < 4.78 is 32.4. The van der Waals surface area contributed by atoms with Gasteiger partial charge >= 0.3 is 0 Å². The van der Waals surface area contributed by atoms with E-state index < -0.39 is 10.0 Å². The molecule has 0 spiro atoms. The molecule has 1 aromatic rings. The Hall–Kier alpha value is -1.39. The first-order valence-electron chi connectivity index (χ1n) is 6.51. The van der Waals surface area contributed by atoms with Crippen molar-refractivity contribution in [2.75, 3.05) is 19.8 Å². The predicted molar refractivity (Wildman–Crippen MR) is 76.5 cm³/mol. The van der Waals surface area contributed by atoms with E-state index in [2.05, 4.69) is 16.6 Å². The van der Waals surface area contributed by atoms with Gasteiger partial charge in [0, 0.05) is 24.8 Å². The average Bonchev–Trinajstić information content (AvgIpc) is 2.46. The summed E-state index contributed by atoms with van der Waals surface area (Å²) in [5, 5.41) is 0. The first-order chi connectivity index (χ1) is 9.62. The standard InChI is InChI=1S/C14H18N2O3S/c15-9-1-2-12-3-5-14(6-4-12)20(17,18)16-13-7-10-19-11-8-13/h3-6,13,16H,7-11,15H2. The van der Waals surface area contributed by atoms with Gasteiger partial charge in [0.1, 0.15) is 0 Å². The molecule has 3 N–H and O–H groups in total. The van der Waals surface area contributed by atoms with Crippen molar-refractivity contribution < 1.29 is 13.2 Å². The lowest BCUT2D eigenvalue weighted by atomic mass is 10.1. The Labute approximate surface area is 119 Å². The molecule has 2 rings (SSSR count). The van der Waals surface area contributed by atoms with Gasteiger partial charge in [0.2, 0.25) is 10.0 Å². The molecule has 1 fully saturated rings. The van der Waals surface area contributed by atoms with Crippen molar-refractivity contribution in [3.63, 3.8) is 0 Å². The second-order valence-electron chi connectivity index (χ2n) is 4.54. The van der Waals surface area contributed by atoms with E-state index in [9.17, 15) is 8.42 Å². The van der Waals surface area contributed by atoms with E-state index in [0.29, 0.717) is 26.1 Å². The molecule has 1 saturated heterocycles. The quantitative estimate of drug-likeness (QED) is 0.793. The molecule has 0 aromatic heterocycles. The highest BCUT2D eigenvalue weighted by Gasteiger charge is 2.21. The van der Waals surface area contributed by atoms with Gasteiger partial charge in [0.05, 0.1) is 11.4 Å². The number of ether oxygens (including phenoxy) is 1. The summed E-state index contributed by atoms with van der Waals surface area (Å²) >= 11 is 0. The Morgan fingerprint density at radius 1 is 1.25 bits per heavy atom. The maximum absolute atomic E-state index is 12.2. The molecule has 1 aliphatic heterocycles. The van der Waals surface area contributed by atoms with Crippen molar-refractivity contribution in [1.82, 2.24) is 4.72 Å². The molecular weight excluding hydrogens is 276 g/mol. The smallest absolute Gasteiger partial charge is 0.240 e. The largest absolute Gasteiger partial charge is 0.381 e. The fourth-order valence-corrected chi connectivity index (χ4v) is 3.28. The number of nitrogens with one attached hydrogen (secondary N) is 1. The fraction of sp³-hybridized carbons (Fsp3) is 0.429. The Morgan fingerprint density at radius 2 is 1.90 bits per heavy atom. The third-order valence-electron chi connectivity index (χ3n) is 3.04. The minimum atomic E-state index is -3.48. The zero-order valence-electron chi connectivity index (χ0n) is 11.1. The van der Waals surface area contributed by atoms with Crippen molar-refractivity contribution in [2.45, 2.75) is 23.8 Å². The third kappa shape index (κ3) is 4.05. The Balaban J connectivity index is 2.08. The van der Waals surface area contributed by atoms with Crippen LogP contribution in [0.4, 0.5) is 0 Å². The molecule has 108 valence electrons. The molecule has 0 radical (unpaired) electrons. The highest BCUT2D eigenvalue weighted by Crippen LogP contribution is 2.14. The third-order valence-corrected chi connectivity index (χ3v) is 4.58. The molecule has 1 heterocycles. The molecule has 0 amide bonds. The monoisotopic (exact) mass is 294 g/mol. The number of rotatable bonds is 3. The van der Waals surface area contributed by atoms with Crippen molar-refractivity contribution >= 4 is 10.0 Å². The maximum Gasteiger partial charge on any atom is 0.240 e. The molecule has 1 aliphatic rings. The number of hydrogen-bond acceptors (Lipinski definition) is 4. The normalized spacial score (nSPS) is 16.4. The lowest BCUT2D eigenvalue weighted by molar-refractivity contribution is 0.0832. The molecule has 0 bridgehead atoms. The second-order valence-corrected chi connectivity index (χ2v) is 6.25. The molecule has 6 heteroatoms. The Kier molecular flexibility index (Phi) is 5.15. The number of sulfonamides is 1. The van der Waals surface area contributed by atoms with Crippen LogP contribution >= 0.6 is 0 Å². The van der Waals surface area contributed by atoms with E-state index in [1.807, 2.05) is 0 Å². The van der Waals surface area contributed by atoms with Crippen LogP contribution in [0.15, 0.2) is 29.2 Å². The first kappa shape index (κ1) is 15.0. The Morgan fingerprint density at radius 3 is 2.50 bits per heavy atom. The van der Waals surface area contributed by atoms with Gasteiger partial charge in [-0.1, -0.05) is 11.8 Å². The lowest BCUT2D eigenvalue weighted by Crippen LogP contribution is -2.38. The minimum Gasteiger partial charge on any atom is -0.381 e. The van der Waals surface area contributed by atoms with Crippen molar-refractivity contribution in [3.8, 4) is 11.8 Å². The zero-order valence-corrected chi connectivity index (χ0v) is 11.9. The van der Waals surface area contributed by atoms with E-state index in [0.717, 1.165) is 5.56 Å². The van der Waals surface area contributed by atoms with E-state index in [1.165, 1.54) is 0 Å². The van der Waals surface area contributed by atoms with Gasteiger partial charge in [0.25, 0.3) is 0 Å². The molecule has 5 nitrogen and oxygen atoms in total. The summed E-state index contributed by atoms with van der Waals surface area (Å²) in [6, 6.07) is 6.43. The maximum atomic E-state index is 12.2. The van der Waals surface area contributed by atoms with Gasteiger partial charge in [-0.2, -0.15) is 0 Å². The van der Waals surface area contributed by atoms with Gasteiger partial charge in [-0.3, -0.25) is 0 Å². The van der Waals surface area contributed by atoms with Crippen LogP contribution in [0.3, 0.4) is 0 Å². The van der Waals surface area contributed by atoms with Crippen LogP contribution in [0.5, 0.6) is 0 Å². The summed E-state index contributed by atoms with van der Waals surface area (Å²) in [6.45, 7) is 1.48. The topological polar surface area (TPSA) is 81.4 Å². The van der Waals surface area contributed by atoms with Gasteiger partial charge in [-0.25, -0.2) is 13.1 Å². The summed E-state index contributed by atoms with van der Waals surface area (Å²) in [7, 11) is -3.48. The van der Waals surface area contributed by atoms with Crippen LogP contribution in [0.2, 0.25) is 0 Å². The van der Waals surface area contributed by atoms with Crippen LogP contribution in [0.1, 0.15) is 18.4 Å². The van der Waals surface area contributed by atoms with E-state index in [1.54, 1.807) is 24.3 Å². The van der Waals surface area contributed by atoms with Crippen LogP contribution in [0, 0.1) is 11.8 Å². The van der Waals surface area contributed by atoms with Crippen molar-refractivity contribution in [2.24, 2.45) is 5.73 Å². The van der Waals surface area contributed by atoms with Crippen LogP contribution < -0.4 is 10.5 Å². The summed E-state index contributed by atoms with van der Waals surface area (Å²) in [5.74, 6) is 5.58. The summed E-state index contributed by atoms with van der Waals surface area (Å²) in [5.41, 5.74) is 6.04. The second kappa shape index (κ2) is 6.86. The highest BCUT2D eigenvalue weighted by atomic mass is 32.2. The molecule has 0 aliphatic carbocycles. The highest BCUT2D eigenvalue weighted by molar-refractivity contribution is 7.89. The molecular formula is C14H18N2O3S. The van der Waals surface area contributed by atoms with E-state index >= 15 is 0 Å². The molecule has 0 unspecified atom stereocenters. The van der Waals surface area contributed by atoms with Crippen LogP contribution in [-0.2, 0) is 14.8 Å². The number of nitrogens with two attached hydrogens (primary N) is 1. The van der Waals surface area contributed by atoms with Gasteiger partial charge in [0.15, 0.2) is 0 Å². The van der Waals surface area contributed by atoms with E-state index in [4.69, 9.17) is 10.5 Å².